The molecule has 1 aliphatic heterocycles. The lowest BCUT2D eigenvalue weighted by Gasteiger charge is -2.54. The molecule has 0 aliphatic carbocycles. The predicted octanol–water partition coefficient (Wildman–Crippen LogP) is -0.103. The zero-order valence-electron chi connectivity index (χ0n) is 19.3. The number of likely N-dealkylation sites (N-methyl/N-ethyl adjacent to an activating group) is 1. The van der Waals surface area contributed by atoms with E-state index in [4.69, 9.17) is 11.6 Å². The van der Waals surface area contributed by atoms with E-state index in [2.05, 4.69) is 15.0 Å². The number of amides is 1. The maximum absolute atomic E-state index is 13.6. The topological polar surface area (TPSA) is 96.3 Å². The summed E-state index contributed by atoms with van der Waals surface area (Å²) in [5.41, 5.74) is -1.52. The molecule has 8 nitrogen and oxygen atoms in total. The molecule has 1 amide bonds. The first-order valence-electron chi connectivity index (χ1n) is 10.4. The van der Waals surface area contributed by atoms with Gasteiger partial charge in [-0.25, -0.2) is 9.37 Å². The number of halogens is 2. The molecule has 15 heteroatoms. The van der Waals surface area contributed by atoms with Gasteiger partial charge in [-0.2, -0.15) is 17.4 Å². The van der Waals surface area contributed by atoms with Gasteiger partial charge in [-0.1, -0.05) is 11.6 Å². The molecule has 0 radical (unpaired) electrons. The van der Waals surface area contributed by atoms with E-state index in [9.17, 15) is 17.6 Å². The Labute approximate surface area is 209 Å². The van der Waals surface area contributed by atoms with Crippen molar-refractivity contribution in [1.82, 2.24) is 18.6 Å². The van der Waals surface area contributed by atoms with E-state index in [1.807, 2.05) is 37.8 Å². The Balaban J connectivity index is 1.74. The molecule has 2 aromatic heterocycles. The maximum atomic E-state index is 13.6. The number of imidazole rings is 1. The molecule has 1 saturated heterocycles. The van der Waals surface area contributed by atoms with Gasteiger partial charge in [-0.15, -0.1) is 11.3 Å². The number of benzene rings is 1. The average molecular weight is 519 g/mol. The number of anilines is 1. The number of carbonyl (C=O) groups is 1. The lowest BCUT2D eigenvalue weighted by atomic mass is 9.47. The lowest BCUT2D eigenvalue weighted by Crippen LogP contribution is -2.74. The van der Waals surface area contributed by atoms with Gasteiger partial charge in [0.15, 0.2) is 0 Å². The molecule has 0 bridgehead atoms. The molecular formula is C19H22B3ClFN5O3S2. The minimum Gasteiger partial charge on any atom is -0.340 e. The third kappa shape index (κ3) is 4.01. The van der Waals surface area contributed by atoms with E-state index in [0.717, 1.165) is 25.8 Å². The molecule has 3 heterocycles. The monoisotopic (exact) mass is 519 g/mol. The first-order chi connectivity index (χ1) is 15.8. The molecule has 4 rings (SSSR count). The highest BCUT2D eigenvalue weighted by Gasteiger charge is 2.59. The first kappa shape index (κ1) is 25.0. The Morgan fingerprint density at radius 2 is 2.00 bits per heavy atom. The van der Waals surface area contributed by atoms with Crippen molar-refractivity contribution in [2.75, 3.05) is 12.4 Å². The van der Waals surface area contributed by atoms with Crippen LogP contribution in [-0.4, -0.2) is 64.2 Å². The number of hydrogen-bond donors (Lipinski definition) is 2. The number of carbonyl (C=O) groups excluding carboxylic acids is 1. The fourth-order valence-electron chi connectivity index (χ4n) is 4.24. The predicted molar refractivity (Wildman–Crippen MR) is 140 cm³/mol. The number of thiophene rings is 1. The quantitative estimate of drug-likeness (QED) is 0.471. The fourth-order valence-corrected chi connectivity index (χ4v) is 7.34. The van der Waals surface area contributed by atoms with Crippen LogP contribution < -0.4 is 10.0 Å². The van der Waals surface area contributed by atoms with Crippen LogP contribution in [-0.2, 0) is 27.5 Å². The summed E-state index contributed by atoms with van der Waals surface area (Å²) in [5, 5.41) is 2.56. The van der Waals surface area contributed by atoms with Crippen LogP contribution in [0.25, 0.3) is 10.6 Å². The second-order valence-corrected chi connectivity index (χ2v) is 12.0. The standard InChI is InChI=1S/C19H22B3ClFN5O3S2/c1-28-8-13(25-9-28)14-5-6-15(33-14)18(21)16(20)19(22,29(2)34(31,32)27-18)17(30)26-10-3-4-12(24)11(23)7-10/h3-9,16,27H,20-22H2,1-2H3,(H,26,30)/t16?,18-,19-/m0/s1. The van der Waals surface area contributed by atoms with Gasteiger partial charge in [0.1, 0.15) is 29.4 Å². The van der Waals surface area contributed by atoms with Crippen molar-refractivity contribution < 1.29 is 17.6 Å². The van der Waals surface area contributed by atoms with Gasteiger partial charge in [0.2, 0.25) is 5.91 Å². The Hall–Kier alpha value is -2.12. The SMILES string of the molecule is BC1[C@](B)(c2ccc(-c3cn(C)cn3)s2)NS(=O)(=O)N(C)[C@]1(B)C(=O)Nc1ccc(F)c(Cl)c1. The number of nitrogens with one attached hydrogen (secondary N) is 2. The van der Waals surface area contributed by atoms with E-state index in [1.54, 1.807) is 22.0 Å². The normalized spacial score (nSPS) is 26.9. The maximum Gasteiger partial charge on any atom is 0.279 e. The first-order valence-corrected chi connectivity index (χ1v) is 13.1. The van der Waals surface area contributed by atoms with Gasteiger partial charge in [-0.3, -0.25) is 4.79 Å². The van der Waals surface area contributed by atoms with Gasteiger partial charge in [0.05, 0.1) is 27.4 Å². The van der Waals surface area contributed by atoms with Crippen LogP contribution in [0.4, 0.5) is 10.1 Å². The van der Waals surface area contributed by atoms with Crippen LogP contribution >= 0.6 is 22.9 Å². The molecule has 1 unspecified atom stereocenters. The zero-order valence-corrected chi connectivity index (χ0v) is 21.6. The van der Waals surface area contributed by atoms with Gasteiger partial charge in [0.25, 0.3) is 10.2 Å². The Morgan fingerprint density at radius 1 is 1.29 bits per heavy atom. The highest BCUT2D eigenvalue weighted by atomic mass is 35.5. The summed E-state index contributed by atoms with van der Waals surface area (Å²) in [6.07, 6.45) is 3.58. The molecule has 0 spiro atoms. The van der Waals surface area contributed by atoms with Crippen LogP contribution in [0.2, 0.25) is 10.8 Å². The second-order valence-electron chi connectivity index (χ2n) is 8.82. The summed E-state index contributed by atoms with van der Waals surface area (Å²) in [6, 6.07) is 7.56. The van der Waals surface area contributed by atoms with Crippen molar-refractivity contribution in [3.8, 4) is 10.6 Å². The molecule has 3 aromatic rings. The van der Waals surface area contributed by atoms with Gasteiger partial charge in [-0.05, 0) is 36.1 Å². The molecule has 34 heavy (non-hydrogen) atoms. The summed E-state index contributed by atoms with van der Waals surface area (Å²) < 4.78 is 45.7. The van der Waals surface area contributed by atoms with E-state index < -0.39 is 38.6 Å². The molecule has 2 N–H and O–H groups in total. The largest absolute Gasteiger partial charge is 0.340 e. The van der Waals surface area contributed by atoms with Gasteiger partial charge < -0.3 is 9.88 Å². The fraction of sp³-hybridized carbons (Fsp3) is 0.263. The zero-order chi connectivity index (χ0) is 25.1. The summed E-state index contributed by atoms with van der Waals surface area (Å²) in [5.74, 6) is -1.68. The number of rotatable bonds is 4. The molecule has 1 fully saturated rings. The minimum absolute atomic E-state index is 0.146. The third-order valence-electron chi connectivity index (χ3n) is 6.78. The third-order valence-corrected chi connectivity index (χ3v) is 10.2. The van der Waals surface area contributed by atoms with E-state index in [-0.39, 0.29) is 10.7 Å². The van der Waals surface area contributed by atoms with Crippen molar-refractivity contribution in [3.63, 3.8) is 0 Å². The summed E-state index contributed by atoms with van der Waals surface area (Å²) in [7, 11) is 4.39. The van der Waals surface area contributed by atoms with Crippen LogP contribution in [0.15, 0.2) is 42.9 Å². The lowest BCUT2D eigenvalue weighted by molar-refractivity contribution is -0.122. The van der Waals surface area contributed by atoms with Gasteiger partial charge in [0, 0.05) is 36.3 Å². The van der Waals surface area contributed by atoms with Crippen LogP contribution in [0.5, 0.6) is 0 Å². The Morgan fingerprint density at radius 3 is 2.62 bits per heavy atom. The number of aryl methyl sites for hydroxylation is 1. The highest BCUT2D eigenvalue weighted by Crippen LogP contribution is 2.47. The molecular weight excluding hydrogens is 497 g/mol. The molecule has 0 saturated carbocycles. The van der Waals surface area contributed by atoms with Gasteiger partial charge >= 0.3 is 0 Å². The number of aromatic nitrogens is 2. The highest BCUT2D eigenvalue weighted by molar-refractivity contribution is 7.87. The van der Waals surface area contributed by atoms with E-state index >= 15 is 0 Å². The number of nitrogens with zero attached hydrogens (tertiary/aromatic N) is 3. The van der Waals surface area contributed by atoms with Crippen LogP contribution in [0, 0.1) is 5.82 Å². The van der Waals surface area contributed by atoms with Crippen molar-refractivity contribution in [2.24, 2.45) is 7.05 Å². The van der Waals surface area contributed by atoms with E-state index in [1.165, 1.54) is 30.5 Å². The second kappa shape index (κ2) is 8.52. The van der Waals surface area contributed by atoms with Crippen molar-refractivity contribution in [3.05, 3.63) is 58.6 Å². The van der Waals surface area contributed by atoms with Crippen molar-refractivity contribution >= 4 is 68.3 Å². The summed E-state index contributed by atoms with van der Waals surface area (Å²) >= 11 is 7.27. The average Bonchev–Trinajstić information content (AvgIpc) is 3.43. The minimum atomic E-state index is -4.04. The summed E-state index contributed by atoms with van der Waals surface area (Å²) in [6.45, 7) is 0. The number of hydrogen-bond acceptors (Lipinski definition) is 5. The molecule has 3 atom stereocenters. The molecule has 1 aliphatic rings. The van der Waals surface area contributed by atoms with E-state index in [0.29, 0.717) is 0 Å². The van der Waals surface area contributed by atoms with Crippen molar-refractivity contribution in [2.45, 2.75) is 16.7 Å². The smallest absolute Gasteiger partial charge is 0.279 e. The van der Waals surface area contributed by atoms with Crippen LogP contribution in [0.3, 0.4) is 0 Å². The Kier molecular flexibility index (Phi) is 6.27. The van der Waals surface area contributed by atoms with Crippen LogP contribution in [0.1, 0.15) is 4.88 Å². The van der Waals surface area contributed by atoms with Crippen molar-refractivity contribution in [1.29, 1.82) is 0 Å². The molecule has 1 aromatic carbocycles. The molecule has 176 valence electrons. The summed E-state index contributed by atoms with van der Waals surface area (Å²) in [4.78, 5) is 19.6. The Bertz CT molecular complexity index is 1390.